The maximum atomic E-state index is 11.7. The highest BCUT2D eigenvalue weighted by atomic mass is 32.2. The van der Waals surface area contributed by atoms with Crippen LogP contribution in [-0.2, 0) is 14.4 Å². The third-order valence-corrected chi connectivity index (χ3v) is 3.54. The molecule has 1 rings (SSSR count). The summed E-state index contributed by atoms with van der Waals surface area (Å²) in [6.07, 6.45) is 3.60. The van der Waals surface area contributed by atoms with Crippen molar-refractivity contribution in [3.05, 3.63) is 24.0 Å². The Morgan fingerprint density at radius 2 is 2.09 bits per heavy atom. The van der Waals surface area contributed by atoms with Crippen molar-refractivity contribution in [3.8, 4) is 0 Å². The van der Waals surface area contributed by atoms with Crippen molar-refractivity contribution in [2.75, 3.05) is 16.8 Å². The number of carbonyl (C=O) groups excluding carboxylic acids is 2. The second kappa shape index (κ2) is 9.67. The predicted molar refractivity (Wildman–Crippen MR) is 86.2 cm³/mol. The van der Waals surface area contributed by atoms with Crippen LogP contribution >= 0.6 is 11.8 Å². The van der Waals surface area contributed by atoms with Gasteiger partial charge in [0.25, 0.3) is 0 Å². The largest absolute Gasteiger partial charge is 0.480 e. The van der Waals surface area contributed by atoms with Crippen LogP contribution in [0.4, 0.5) is 5.82 Å². The van der Waals surface area contributed by atoms with E-state index in [0.717, 1.165) is 11.8 Å². The van der Waals surface area contributed by atoms with Gasteiger partial charge in [0.05, 0.1) is 11.5 Å². The summed E-state index contributed by atoms with van der Waals surface area (Å²) in [6, 6.07) is 0.611. The van der Waals surface area contributed by atoms with Crippen LogP contribution in [0.1, 0.15) is 19.1 Å². The van der Waals surface area contributed by atoms with Gasteiger partial charge in [-0.05, 0) is 20.3 Å². The minimum atomic E-state index is -1.10. The molecule has 0 spiro atoms. The standard InChI is InChI=1S/C14H19N3O5S/c1-3-4-5-10(14(20)21)15-12(18)7-23-8-13(19)16-11-6-9(2)22-17-11/h3-4,6,10H,5,7-8H2,1-2H3,(H,15,18)(H,20,21)(H,16,17,19)/b4-3+. The van der Waals surface area contributed by atoms with Gasteiger partial charge in [0.2, 0.25) is 11.8 Å². The highest BCUT2D eigenvalue weighted by molar-refractivity contribution is 8.00. The molecule has 1 aromatic rings. The maximum Gasteiger partial charge on any atom is 0.326 e. The molecule has 0 aliphatic carbocycles. The van der Waals surface area contributed by atoms with Crippen LogP contribution in [0.25, 0.3) is 0 Å². The summed E-state index contributed by atoms with van der Waals surface area (Å²) >= 11 is 1.08. The van der Waals surface area contributed by atoms with Crippen LogP contribution in [0, 0.1) is 6.92 Å². The molecule has 9 heteroatoms. The van der Waals surface area contributed by atoms with Gasteiger partial charge < -0.3 is 20.3 Å². The van der Waals surface area contributed by atoms with Gasteiger partial charge in [-0.25, -0.2) is 4.79 Å². The van der Waals surface area contributed by atoms with E-state index >= 15 is 0 Å². The Labute approximate surface area is 137 Å². The third-order valence-electron chi connectivity index (χ3n) is 2.60. The smallest absolute Gasteiger partial charge is 0.326 e. The van der Waals surface area contributed by atoms with Crippen molar-refractivity contribution < 1.29 is 24.0 Å². The van der Waals surface area contributed by atoms with Gasteiger partial charge in [0.15, 0.2) is 5.82 Å². The fourth-order valence-corrected chi connectivity index (χ4v) is 2.20. The van der Waals surface area contributed by atoms with Crippen LogP contribution in [0.2, 0.25) is 0 Å². The number of anilines is 1. The summed E-state index contributed by atoms with van der Waals surface area (Å²) in [6.45, 7) is 3.47. The molecule has 3 N–H and O–H groups in total. The van der Waals surface area contributed by atoms with Gasteiger partial charge in [-0.2, -0.15) is 0 Å². The number of nitrogens with zero attached hydrogens (tertiary/aromatic N) is 1. The van der Waals surface area contributed by atoms with Crippen molar-refractivity contribution in [1.82, 2.24) is 10.5 Å². The number of aryl methyl sites for hydroxylation is 1. The maximum absolute atomic E-state index is 11.7. The molecule has 0 saturated heterocycles. The van der Waals surface area contributed by atoms with E-state index in [0.29, 0.717) is 11.6 Å². The average molecular weight is 341 g/mol. The monoisotopic (exact) mass is 341 g/mol. The highest BCUT2D eigenvalue weighted by Crippen LogP contribution is 2.08. The van der Waals surface area contributed by atoms with Crippen molar-refractivity contribution in [2.24, 2.45) is 0 Å². The Morgan fingerprint density at radius 3 is 2.65 bits per heavy atom. The van der Waals surface area contributed by atoms with Gasteiger partial charge >= 0.3 is 5.97 Å². The second-order valence-corrected chi connectivity index (χ2v) is 5.61. The van der Waals surface area contributed by atoms with Crippen molar-refractivity contribution in [3.63, 3.8) is 0 Å². The number of aromatic nitrogens is 1. The Kier molecular flexibility index (Phi) is 7.89. The van der Waals surface area contributed by atoms with Gasteiger partial charge in [-0.15, -0.1) is 11.8 Å². The molecule has 0 saturated carbocycles. The zero-order chi connectivity index (χ0) is 17.2. The Balaban J connectivity index is 2.29. The molecule has 0 radical (unpaired) electrons. The Morgan fingerprint density at radius 1 is 1.39 bits per heavy atom. The van der Waals surface area contributed by atoms with E-state index in [-0.39, 0.29) is 23.8 Å². The number of thioether (sulfide) groups is 1. The van der Waals surface area contributed by atoms with Crippen molar-refractivity contribution in [1.29, 1.82) is 0 Å². The molecule has 1 heterocycles. The van der Waals surface area contributed by atoms with E-state index in [9.17, 15) is 14.4 Å². The molecule has 1 aromatic heterocycles. The molecule has 2 amide bonds. The second-order valence-electron chi connectivity index (χ2n) is 4.63. The van der Waals surface area contributed by atoms with Crippen LogP contribution in [0.3, 0.4) is 0 Å². The first kappa shape index (κ1) is 18.8. The van der Waals surface area contributed by atoms with Crippen LogP contribution < -0.4 is 10.6 Å². The quantitative estimate of drug-likeness (QED) is 0.577. The lowest BCUT2D eigenvalue weighted by Crippen LogP contribution is -2.41. The van der Waals surface area contributed by atoms with E-state index in [1.54, 1.807) is 32.1 Å². The van der Waals surface area contributed by atoms with E-state index in [4.69, 9.17) is 9.63 Å². The first-order valence-electron chi connectivity index (χ1n) is 6.86. The van der Waals surface area contributed by atoms with Crippen LogP contribution in [0.5, 0.6) is 0 Å². The summed E-state index contributed by atoms with van der Waals surface area (Å²) in [4.78, 5) is 34.3. The number of aliphatic carboxylic acids is 1. The summed E-state index contributed by atoms with van der Waals surface area (Å²) in [7, 11) is 0. The summed E-state index contributed by atoms with van der Waals surface area (Å²) in [5.41, 5.74) is 0. The van der Waals surface area contributed by atoms with Crippen LogP contribution in [0.15, 0.2) is 22.7 Å². The number of carboxylic acids is 1. The number of amides is 2. The SMILES string of the molecule is C/C=C/CC(NC(=O)CSCC(=O)Nc1cc(C)on1)C(=O)O. The molecule has 0 aromatic carbocycles. The molecular formula is C14H19N3O5S. The summed E-state index contributed by atoms with van der Waals surface area (Å²) in [5, 5.41) is 17.5. The predicted octanol–water partition coefficient (Wildman–Crippen LogP) is 1.19. The average Bonchev–Trinajstić information content (AvgIpc) is 2.88. The van der Waals surface area contributed by atoms with E-state index < -0.39 is 17.9 Å². The minimum Gasteiger partial charge on any atom is -0.480 e. The van der Waals surface area contributed by atoms with Gasteiger partial charge in [-0.3, -0.25) is 9.59 Å². The topological polar surface area (TPSA) is 122 Å². The van der Waals surface area contributed by atoms with Crippen molar-refractivity contribution in [2.45, 2.75) is 26.3 Å². The Bertz CT molecular complexity index is 585. The number of allylic oxidation sites excluding steroid dienone is 1. The van der Waals surface area contributed by atoms with E-state index in [2.05, 4.69) is 15.8 Å². The van der Waals surface area contributed by atoms with Gasteiger partial charge in [0.1, 0.15) is 11.8 Å². The van der Waals surface area contributed by atoms with Gasteiger partial charge in [-0.1, -0.05) is 17.3 Å². The third kappa shape index (κ3) is 7.50. The normalized spacial score (nSPS) is 12.1. The molecule has 1 unspecified atom stereocenters. The molecule has 0 aliphatic rings. The van der Waals surface area contributed by atoms with Gasteiger partial charge in [0, 0.05) is 6.07 Å². The fraction of sp³-hybridized carbons (Fsp3) is 0.429. The molecule has 0 fully saturated rings. The number of hydrogen-bond donors (Lipinski definition) is 3. The first-order valence-corrected chi connectivity index (χ1v) is 8.02. The van der Waals surface area contributed by atoms with Crippen LogP contribution in [-0.4, -0.2) is 45.6 Å². The van der Waals surface area contributed by atoms with E-state index in [1.807, 2.05) is 0 Å². The molecule has 126 valence electrons. The number of hydrogen-bond acceptors (Lipinski definition) is 6. The number of nitrogens with one attached hydrogen (secondary N) is 2. The first-order chi connectivity index (χ1) is 10.9. The number of carbonyl (C=O) groups is 3. The molecule has 0 bridgehead atoms. The molecule has 0 aliphatic heterocycles. The molecule has 1 atom stereocenters. The van der Waals surface area contributed by atoms with E-state index in [1.165, 1.54) is 0 Å². The fourth-order valence-electron chi connectivity index (χ4n) is 1.57. The summed E-state index contributed by atoms with van der Waals surface area (Å²) < 4.78 is 4.81. The van der Waals surface area contributed by atoms with Crippen molar-refractivity contribution >= 4 is 35.4 Å². The zero-order valence-electron chi connectivity index (χ0n) is 12.9. The minimum absolute atomic E-state index is 0.00905. The summed E-state index contributed by atoms with van der Waals surface area (Å²) in [5.74, 6) is -0.919. The lowest BCUT2D eigenvalue weighted by Gasteiger charge is -2.12. The lowest BCUT2D eigenvalue weighted by atomic mass is 10.2. The molecule has 23 heavy (non-hydrogen) atoms. The molecular weight excluding hydrogens is 322 g/mol. The number of rotatable bonds is 9. The zero-order valence-corrected chi connectivity index (χ0v) is 13.7. The Hall–Kier alpha value is -2.29. The highest BCUT2D eigenvalue weighted by Gasteiger charge is 2.18. The number of carboxylic acid groups (broad SMARTS) is 1. The lowest BCUT2D eigenvalue weighted by molar-refractivity contribution is -0.141. The molecule has 8 nitrogen and oxygen atoms in total.